The molecule has 0 spiro atoms. The van der Waals surface area contributed by atoms with Gasteiger partial charge in [0.05, 0.1) is 0 Å². The van der Waals surface area contributed by atoms with Crippen LogP contribution in [-0.2, 0) is 23.8 Å². The molecule has 0 unspecified atom stereocenters. The molecule has 0 fully saturated rings. The van der Waals surface area contributed by atoms with Crippen LogP contribution in [0.25, 0.3) is 0 Å². The van der Waals surface area contributed by atoms with Crippen LogP contribution in [-0.4, -0.2) is 5.78 Å². The highest BCUT2D eigenvalue weighted by Gasteiger charge is 2.42. The second kappa shape index (κ2) is 6.81. The third-order valence-electron chi connectivity index (χ3n) is 3.30. The number of hydrogen-bond acceptors (Lipinski definition) is 1. The van der Waals surface area contributed by atoms with Gasteiger partial charge in [-0.05, 0) is 17.7 Å². The Morgan fingerprint density at radius 3 is 1.88 bits per heavy atom. The molecule has 0 aliphatic rings. The second-order valence-corrected chi connectivity index (χ2v) is 5.13. The number of Topliss-reactive ketones (excluding diaryl/α,β-unsaturated/α-hetero) is 1. The van der Waals surface area contributed by atoms with E-state index < -0.39 is 65.0 Å². The lowest BCUT2D eigenvalue weighted by atomic mass is 9.99. The number of carbonyl (C=O) groups excluding carboxylic acids is 1. The summed E-state index contributed by atoms with van der Waals surface area (Å²) < 4.78 is 105. The molecular weight excluding hydrogens is 360 g/mol. The van der Waals surface area contributed by atoms with Gasteiger partial charge in [-0.3, -0.25) is 4.79 Å². The summed E-state index contributed by atoms with van der Waals surface area (Å²) in [6, 6.07) is 4.62. The Kier molecular flexibility index (Phi) is 5.15. The molecule has 0 aromatic heterocycles. The number of hydrogen-bond donors (Lipinski definition) is 0. The van der Waals surface area contributed by atoms with E-state index in [0.29, 0.717) is 0 Å². The number of alkyl halides is 3. The van der Waals surface area contributed by atoms with E-state index in [0.717, 1.165) is 12.1 Å². The largest absolute Gasteiger partial charge is 0.422 e. The van der Waals surface area contributed by atoms with Gasteiger partial charge in [0.25, 0.3) is 0 Å². The molecule has 0 N–H and O–H groups in total. The lowest BCUT2D eigenvalue weighted by Crippen LogP contribution is -2.19. The van der Waals surface area contributed by atoms with Gasteiger partial charge >= 0.3 is 6.18 Å². The highest BCUT2D eigenvalue weighted by atomic mass is 19.4. The molecule has 0 radical (unpaired) electrons. The van der Waals surface area contributed by atoms with Crippen molar-refractivity contribution in [2.75, 3.05) is 0 Å². The van der Waals surface area contributed by atoms with Gasteiger partial charge in [-0.2, -0.15) is 13.2 Å². The SMILES string of the molecule is O=C(Cc1cccc(F)c1)Cc1c(F)c(F)c(C(F)(F)F)c(F)c1F. The minimum Gasteiger partial charge on any atom is -0.299 e. The van der Waals surface area contributed by atoms with Crippen LogP contribution in [0.1, 0.15) is 16.7 Å². The van der Waals surface area contributed by atoms with E-state index in [1.165, 1.54) is 12.1 Å². The summed E-state index contributed by atoms with van der Waals surface area (Å²) in [6.07, 6.45) is -7.37. The Labute approximate surface area is 135 Å². The average molecular weight is 368 g/mol. The molecule has 0 atom stereocenters. The van der Waals surface area contributed by atoms with Crippen LogP contribution in [0, 0.1) is 29.1 Å². The molecule has 134 valence electrons. The summed E-state index contributed by atoms with van der Waals surface area (Å²) in [5, 5.41) is 0. The van der Waals surface area contributed by atoms with E-state index in [-0.39, 0.29) is 5.56 Å². The highest BCUT2D eigenvalue weighted by Crippen LogP contribution is 2.37. The zero-order valence-corrected chi connectivity index (χ0v) is 12.2. The molecule has 0 saturated heterocycles. The van der Waals surface area contributed by atoms with Gasteiger partial charge in [-0.15, -0.1) is 0 Å². The molecule has 0 aliphatic carbocycles. The molecule has 9 heteroatoms. The molecule has 2 aromatic carbocycles. The van der Waals surface area contributed by atoms with Crippen molar-refractivity contribution in [2.24, 2.45) is 0 Å². The van der Waals surface area contributed by atoms with Crippen molar-refractivity contribution < 1.29 is 39.9 Å². The van der Waals surface area contributed by atoms with Crippen molar-refractivity contribution in [2.45, 2.75) is 19.0 Å². The summed E-state index contributed by atoms with van der Waals surface area (Å²) in [5.41, 5.74) is -4.04. The third-order valence-corrected chi connectivity index (χ3v) is 3.30. The molecule has 0 bridgehead atoms. The first-order valence-corrected chi connectivity index (χ1v) is 6.70. The fraction of sp³-hybridized carbons (Fsp3) is 0.188. The Hall–Kier alpha value is -2.45. The lowest BCUT2D eigenvalue weighted by molar-refractivity contribution is -0.143. The Bertz CT molecular complexity index is 797. The quantitative estimate of drug-likeness (QED) is 0.562. The topological polar surface area (TPSA) is 17.1 Å². The van der Waals surface area contributed by atoms with E-state index in [1.54, 1.807) is 0 Å². The summed E-state index contributed by atoms with van der Waals surface area (Å²) in [5.74, 6) is -11.5. The van der Waals surface area contributed by atoms with Gasteiger partial charge in [0, 0.05) is 18.4 Å². The first-order valence-electron chi connectivity index (χ1n) is 6.70. The molecule has 2 rings (SSSR count). The summed E-state index contributed by atoms with van der Waals surface area (Å²) >= 11 is 0. The first-order chi connectivity index (χ1) is 11.5. The molecule has 1 nitrogen and oxygen atoms in total. The minimum absolute atomic E-state index is 0.124. The molecule has 0 amide bonds. The minimum atomic E-state index is -5.65. The fourth-order valence-electron chi connectivity index (χ4n) is 2.22. The average Bonchev–Trinajstić information content (AvgIpc) is 2.48. The molecule has 25 heavy (non-hydrogen) atoms. The summed E-state index contributed by atoms with van der Waals surface area (Å²) in [7, 11) is 0. The number of benzene rings is 2. The third kappa shape index (κ3) is 3.97. The monoisotopic (exact) mass is 368 g/mol. The molecular formula is C16H8F8O. The van der Waals surface area contributed by atoms with Crippen LogP contribution >= 0.6 is 0 Å². The number of carbonyl (C=O) groups is 1. The molecule has 0 aliphatic heterocycles. The van der Waals surface area contributed by atoms with Crippen LogP contribution < -0.4 is 0 Å². The normalized spacial score (nSPS) is 11.7. The van der Waals surface area contributed by atoms with Crippen LogP contribution in [0.3, 0.4) is 0 Å². The fourth-order valence-corrected chi connectivity index (χ4v) is 2.22. The van der Waals surface area contributed by atoms with E-state index in [2.05, 4.69) is 0 Å². The summed E-state index contributed by atoms with van der Waals surface area (Å²) in [4.78, 5) is 11.8. The zero-order chi connectivity index (χ0) is 18.9. The van der Waals surface area contributed by atoms with Gasteiger partial charge in [-0.1, -0.05) is 12.1 Å². The van der Waals surface area contributed by atoms with Crippen molar-refractivity contribution in [1.29, 1.82) is 0 Å². The van der Waals surface area contributed by atoms with Crippen LogP contribution in [0.5, 0.6) is 0 Å². The van der Waals surface area contributed by atoms with E-state index >= 15 is 0 Å². The van der Waals surface area contributed by atoms with Gasteiger partial charge in [0.2, 0.25) is 0 Å². The second-order valence-electron chi connectivity index (χ2n) is 5.13. The van der Waals surface area contributed by atoms with Crippen molar-refractivity contribution in [3.8, 4) is 0 Å². The first kappa shape index (κ1) is 18.9. The molecule has 0 heterocycles. The van der Waals surface area contributed by atoms with Crippen molar-refractivity contribution >= 4 is 5.78 Å². The van der Waals surface area contributed by atoms with Gasteiger partial charge in [-0.25, -0.2) is 22.0 Å². The van der Waals surface area contributed by atoms with Crippen LogP contribution in [0.15, 0.2) is 24.3 Å². The molecule has 0 saturated carbocycles. The van der Waals surface area contributed by atoms with Crippen LogP contribution in [0.2, 0.25) is 0 Å². The van der Waals surface area contributed by atoms with E-state index in [1.807, 2.05) is 0 Å². The predicted octanol–water partition coefficient (Wildman–Crippen LogP) is 4.76. The van der Waals surface area contributed by atoms with Gasteiger partial charge in [0.1, 0.15) is 17.2 Å². The Balaban J connectivity index is 2.36. The van der Waals surface area contributed by atoms with E-state index in [4.69, 9.17) is 0 Å². The maximum absolute atomic E-state index is 13.7. The van der Waals surface area contributed by atoms with Crippen molar-refractivity contribution in [3.05, 3.63) is 70.0 Å². The summed E-state index contributed by atoms with van der Waals surface area (Å²) in [6.45, 7) is 0. The maximum atomic E-state index is 13.7. The smallest absolute Gasteiger partial charge is 0.299 e. The number of ketones is 1. The Morgan fingerprint density at radius 1 is 0.840 bits per heavy atom. The predicted molar refractivity (Wildman–Crippen MR) is 70.1 cm³/mol. The Morgan fingerprint density at radius 2 is 1.40 bits per heavy atom. The zero-order valence-electron chi connectivity index (χ0n) is 12.2. The highest BCUT2D eigenvalue weighted by molar-refractivity contribution is 5.83. The van der Waals surface area contributed by atoms with Gasteiger partial charge in [0.15, 0.2) is 23.3 Å². The van der Waals surface area contributed by atoms with Crippen molar-refractivity contribution in [1.82, 2.24) is 0 Å². The standard InChI is InChI=1S/C16H8F8O/c17-8-3-1-2-7(4-8)5-9(25)6-10-12(18)14(20)11(16(22,23)24)15(21)13(10)19/h1-4H,5-6H2. The van der Waals surface area contributed by atoms with Crippen LogP contribution in [0.4, 0.5) is 35.1 Å². The number of rotatable bonds is 4. The van der Waals surface area contributed by atoms with Gasteiger partial charge < -0.3 is 0 Å². The van der Waals surface area contributed by atoms with Crippen molar-refractivity contribution in [3.63, 3.8) is 0 Å². The maximum Gasteiger partial charge on any atom is 0.422 e. The lowest BCUT2D eigenvalue weighted by Gasteiger charge is -2.13. The molecule has 2 aromatic rings. The number of halogens is 8. The van der Waals surface area contributed by atoms with E-state index in [9.17, 15) is 39.9 Å².